The van der Waals surface area contributed by atoms with Crippen LogP contribution in [0.15, 0.2) is 18.2 Å². The first-order valence-electron chi connectivity index (χ1n) is 7.18. The fourth-order valence-corrected chi connectivity index (χ4v) is 4.01. The van der Waals surface area contributed by atoms with E-state index in [9.17, 15) is 39.6 Å². The van der Waals surface area contributed by atoms with Crippen molar-refractivity contribution in [3.05, 3.63) is 29.3 Å². The van der Waals surface area contributed by atoms with Crippen LogP contribution < -0.4 is 10.1 Å². The van der Waals surface area contributed by atoms with Crippen LogP contribution in [0.2, 0.25) is 0 Å². The lowest BCUT2D eigenvalue weighted by atomic mass is 10.1. The predicted octanol–water partition coefficient (Wildman–Crippen LogP) is 2.41. The molecule has 0 aromatic heterocycles. The first-order chi connectivity index (χ1) is 11.8. The molecule has 1 aliphatic heterocycles. The molecule has 1 aliphatic rings. The molecule has 1 aromatic rings. The standard InChI is InChI=1S/C14H13F6NO4S/c15-13(16,17)8-3-9(14(18,19)20)5-11(4-8)25-6-12(22)21-10-1-2-26(23,24)7-10/h3-5,10H,1-2,6-7H2,(H,21,22)/t10-/m0/s1. The Morgan fingerprint density at radius 2 is 1.62 bits per heavy atom. The van der Waals surface area contributed by atoms with E-state index in [1.54, 1.807) is 0 Å². The largest absolute Gasteiger partial charge is 0.484 e. The van der Waals surface area contributed by atoms with Crippen LogP contribution in [0.3, 0.4) is 0 Å². The van der Waals surface area contributed by atoms with E-state index < -0.39 is 57.6 Å². The monoisotopic (exact) mass is 405 g/mol. The summed E-state index contributed by atoms with van der Waals surface area (Å²) >= 11 is 0. The number of halogens is 6. The summed E-state index contributed by atoms with van der Waals surface area (Å²) in [6.45, 7) is -0.852. The predicted molar refractivity (Wildman–Crippen MR) is 77.1 cm³/mol. The summed E-state index contributed by atoms with van der Waals surface area (Å²) in [5, 5.41) is 2.31. The number of alkyl halides is 6. The number of nitrogens with one attached hydrogen (secondary N) is 1. The summed E-state index contributed by atoms with van der Waals surface area (Å²) in [4.78, 5) is 11.7. The average molecular weight is 405 g/mol. The molecule has 1 saturated heterocycles. The lowest BCUT2D eigenvalue weighted by Gasteiger charge is -2.15. The molecule has 1 amide bonds. The van der Waals surface area contributed by atoms with Crippen molar-refractivity contribution in [2.75, 3.05) is 18.1 Å². The maximum atomic E-state index is 12.7. The van der Waals surface area contributed by atoms with E-state index in [1.165, 1.54) is 0 Å². The van der Waals surface area contributed by atoms with Crippen molar-refractivity contribution in [1.29, 1.82) is 0 Å². The molecule has 1 aromatic carbocycles. The number of sulfone groups is 1. The van der Waals surface area contributed by atoms with Gasteiger partial charge in [0, 0.05) is 6.04 Å². The zero-order valence-corrected chi connectivity index (χ0v) is 13.8. The highest BCUT2D eigenvalue weighted by Crippen LogP contribution is 2.38. The number of rotatable bonds is 4. The molecule has 0 aliphatic carbocycles. The normalized spacial score (nSPS) is 20.0. The summed E-state index contributed by atoms with van der Waals surface area (Å²) in [5.74, 6) is -2.01. The van der Waals surface area contributed by atoms with E-state index in [0.29, 0.717) is 12.1 Å². The maximum absolute atomic E-state index is 12.7. The van der Waals surface area contributed by atoms with Crippen molar-refractivity contribution < 1.29 is 44.3 Å². The molecule has 146 valence electrons. The van der Waals surface area contributed by atoms with Gasteiger partial charge in [-0.15, -0.1) is 0 Å². The summed E-state index contributed by atoms with van der Waals surface area (Å²) in [6.07, 6.45) is -9.88. The molecule has 12 heteroatoms. The van der Waals surface area contributed by atoms with Crippen LogP contribution >= 0.6 is 0 Å². The van der Waals surface area contributed by atoms with Gasteiger partial charge in [-0.25, -0.2) is 8.42 Å². The van der Waals surface area contributed by atoms with Crippen molar-refractivity contribution in [2.24, 2.45) is 0 Å². The van der Waals surface area contributed by atoms with Crippen molar-refractivity contribution in [3.8, 4) is 5.75 Å². The van der Waals surface area contributed by atoms with Crippen LogP contribution in [0.1, 0.15) is 17.5 Å². The molecule has 0 bridgehead atoms. The molecule has 1 atom stereocenters. The van der Waals surface area contributed by atoms with Gasteiger partial charge in [-0.3, -0.25) is 4.79 Å². The van der Waals surface area contributed by atoms with Gasteiger partial charge in [0.1, 0.15) is 5.75 Å². The SMILES string of the molecule is O=C(COc1cc(C(F)(F)F)cc(C(F)(F)F)c1)N[C@H]1CCS(=O)(=O)C1. The van der Waals surface area contributed by atoms with Crippen molar-refractivity contribution >= 4 is 15.7 Å². The highest BCUT2D eigenvalue weighted by atomic mass is 32.2. The summed E-state index contributed by atoms with van der Waals surface area (Å²) in [5.41, 5.74) is -3.13. The topological polar surface area (TPSA) is 72.5 Å². The molecule has 0 spiro atoms. The smallest absolute Gasteiger partial charge is 0.416 e. The lowest BCUT2D eigenvalue weighted by Crippen LogP contribution is -2.38. The second kappa shape index (κ2) is 6.97. The Kier molecular flexibility index (Phi) is 5.45. The molecular weight excluding hydrogens is 392 g/mol. The quantitative estimate of drug-likeness (QED) is 0.781. The van der Waals surface area contributed by atoms with Crippen LogP contribution in [0.25, 0.3) is 0 Å². The van der Waals surface area contributed by atoms with Gasteiger partial charge in [0.2, 0.25) is 0 Å². The van der Waals surface area contributed by atoms with Crippen LogP contribution in [0, 0.1) is 0 Å². The molecule has 1 N–H and O–H groups in total. The van der Waals surface area contributed by atoms with Gasteiger partial charge in [-0.05, 0) is 24.6 Å². The molecule has 0 saturated carbocycles. The summed E-state index contributed by atoms with van der Waals surface area (Å²) < 4.78 is 104. The zero-order chi connectivity index (χ0) is 19.8. The van der Waals surface area contributed by atoms with Gasteiger partial charge in [-0.1, -0.05) is 0 Å². The Balaban J connectivity index is 2.07. The number of carbonyl (C=O) groups is 1. The Morgan fingerprint density at radius 3 is 2.04 bits per heavy atom. The number of hydrogen-bond donors (Lipinski definition) is 1. The van der Waals surface area contributed by atoms with Gasteiger partial charge in [0.05, 0.1) is 22.6 Å². The number of hydrogen-bond acceptors (Lipinski definition) is 4. The number of carbonyl (C=O) groups excluding carboxylic acids is 1. The van der Waals surface area contributed by atoms with Gasteiger partial charge in [0.25, 0.3) is 5.91 Å². The third-order valence-electron chi connectivity index (χ3n) is 3.53. The fraction of sp³-hybridized carbons (Fsp3) is 0.500. The Morgan fingerprint density at radius 1 is 1.08 bits per heavy atom. The number of benzene rings is 1. The molecule has 1 heterocycles. The van der Waals surface area contributed by atoms with Gasteiger partial charge < -0.3 is 10.1 Å². The van der Waals surface area contributed by atoms with E-state index in [4.69, 9.17) is 4.74 Å². The van der Waals surface area contributed by atoms with Crippen molar-refractivity contribution in [2.45, 2.75) is 24.8 Å². The van der Waals surface area contributed by atoms with E-state index in [-0.39, 0.29) is 24.0 Å². The highest BCUT2D eigenvalue weighted by Gasteiger charge is 2.37. The molecule has 0 radical (unpaired) electrons. The minimum atomic E-state index is -5.03. The molecule has 1 fully saturated rings. The Bertz CT molecular complexity index is 755. The van der Waals surface area contributed by atoms with Crippen LogP contribution in [0.4, 0.5) is 26.3 Å². The van der Waals surface area contributed by atoms with Crippen molar-refractivity contribution in [3.63, 3.8) is 0 Å². The molecule has 26 heavy (non-hydrogen) atoms. The molecule has 0 unspecified atom stereocenters. The van der Waals surface area contributed by atoms with Gasteiger partial charge in [0.15, 0.2) is 16.4 Å². The van der Waals surface area contributed by atoms with E-state index in [2.05, 4.69) is 5.32 Å². The van der Waals surface area contributed by atoms with Crippen LogP contribution in [0.5, 0.6) is 5.75 Å². The molecule has 2 rings (SSSR count). The lowest BCUT2D eigenvalue weighted by molar-refractivity contribution is -0.143. The maximum Gasteiger partial charge on any atom is 0.416 e. The van der Waals surface area contributed by atoms with Gasteiger partial charge in [-0.2, -0.15) is 26.3 Å². The molecular formula is C14H13F6NO4S. The first kappa shape index (κ1) is 20.3. The second-order valence-corrected chi connectivity index (χ2v) is 7.93. The third kappa shape index (κ3) is 5.51. The average Bonchev–Trinajstić information content (AvgIpc) is 2.82. The van der Waals surface area contributed by atoms with E-state index >= 15 is 0 Å². The van der Waals surface area contributed by atoms with E-state index in [0.717, 1.165) is 0 Å². The van der Waals surface area contributed by atoms with Crippen LogP contribution in [-0.4, -0.2) is 38.5 Å². The minimum Gasteiger partial charge on any atom is -0.484 e. The van der Waals surface area contributed by atoms with Gasteiger partial charge >= 0.3 is 12.4 Å². The Hall–Kier alpha value is -1.98. The summed E-state index contributed by atoms with van der Waals surface area (Å²) in [6, 6.07) is -0.0233. The minimum absolute atomic E-state index is 0.0592. The van der Waals surface area contributed by atoms with E-state index in [1.807, 2.05) is 0 Å². The second-order valence-electron chi connectivity index (χ2n) is 5.70. The third-order valence-corrected chi connectivity index (χ3v) is 5.30. The summed E-state index contributed by atoms with van der Waals surface area (Å²) in [7, 11) is -3.26. The highest BCUT2D eigenvalue weighted by molar-refractivity contribution is 7.91. The van der Waals surface area contributed by atoms with Crippen LogP contribution in [-0.2, 0) is 27.0 Å². The fourth-order valence-electron chi connectivity index (χ4n) is 2.34. The first-order valence-corrected chi connectivity index (χ1v) is 9.00. The molecule has 5 nitrogen and oxygen atoms in total. The Labute approximate surface area is 144 Å². The number of ether oxygens (including phenoxy) is 1. The van der Waals surface area contributed by atoms with Crippen molar-refractivity contribution in [1.82, 2.24) is 5.32 Å². The number of amides is 1. The zero-order valence-electron chi connectivity index (χ0n) is 12.9.